The van der Waals surface area contributed by atoms with E-state index in [1.54, 1.807) is 0 Å². The molecule has 1 aromatic carbocycles. The zero-order valence-electron chi connectivity index (χ0n) is 4.91. The Hall–Kier alpha value is -0.137. The SMILES string of the molecule is O=[S]=[Zn].[c-]1ccccc1. The van der Waals surface area contributed by atoms with Gasteiger partial charge >= 0.3 is 29.9 Å². The number of rotatable bonds is 0. The zero-order valence-corrected chi connectivity index (χ0v) is 8.69. The standard InChI is InChI=1S/C6H5.OS.Zn/c1-2-4-6-5-3-1;1-2;/h1-5H;;/q-1;;. The van der Waals surface area contributed by atoms with Crippen molar-refractivity contribution in [3.8, 4) is 0 Å². The van der Waals surface area contributed by atoms with Crippen LogP contribution in [0.2, 0.25) is 0 Å². The molecule has 0 heterocycles. The largest absolute Gasteiger partial charge is 0.184 e. The molecule has 0 aliphatic rings. The summed E-state index contributed by atoms with van der Waals surface area (Å²) in [4.78, 5) is 0. The molecular weight excluding hydrogens is 186 g/mol. The Bertz CT molecular complexity index is 143. The molecule has 0 saturated heterocycles. The van der Waals surface area contributed by atoms with E-state index in [0.29, 0.717) is 9.15 Å². The minimum Gasteiger partial charge on any atom is -0.184 e. The summed E-state index contributed by atoms with van der Waals surface area (Å²) in [7, 11) is 0.625. The second-order valence-electron chi connectivity index (χ2n) is 1.20. The third-order valence-corrected chi connectivity index (χ3v) is 0.607. The quantitative estimate of drug-likeness (QED) is 0.443. The van der Waals surface area contributed by atoms with Crippen molar-refractivity contribution in [2.24, 2.45) is 0 Å². The molecule has 0 saturated carbocycles. The molecule has 0 atom stereocenters. The third-order valence-electron chi connectivity index (χ3n) is 0.607. The first kappa shape index (κ1) is 8.86. The van der Waals surface area contributed by atoms with Crippen LogP contribution < -0.4 is 0 Å². The van der Waals surface area contributed by atoms with E-state index in [0.717, 1.165) is 16.6 Å². The Labute approximate surface area is 66.5 Å². The topological polar surface area (TPSA) is 17.1 Å². The fourth-order valence-corrected chi connectivity index (χ4v) is 0.342. The van der Waals surface area contributed by atoms with Gasteiger partial charge < -0.3 is 0 Å². The number of hydrogen-bond donors (Lipinski definition) is 0. The van der Waals surface area contributed by atoms with Gasteiger partial charge in [-0.2, -0.15) is 36.4 Å². The first-order chi connectivity index (χ1) is 4.41. The molecule has 0 aliphatic heterocycles. The molecule has 1 rings (SSSR count). The van der Waals surface area contributed by atoms with E-state index in [9.17, 15) is 0 Å². The van der Waals surface area contributed by atoms with Crippen LogP contribution in [0.4, 0.5) is 0 Å². The third kappa shape index (κ3) is 7.86. The van der Waals surface area contributed by atoms with E-state index in [2.05, 4.69) is 6.07 Å². The maximum absolute atomic E-state index is 8.90. The summed E-state index contributed by atoms with van der Waals surface area (Å²) in [5.41, 5.74) is 0. The van der Waals surface area contributed by atoms with Gasteiger partial charge in [0, 0.05) is 0 Å². The van der Waals surface area contributed by atoms with Crippen molar-refractivity contribution >= 4 is 9.15 Å². The first-order valence-corrected chi connectivity index (χ1v) is 6.91. The van der Waals surface area contributed by atoms with Gasteiger partial charge in [0.05, 0.1) is 0 Å². The molecule has 9 heavy (non-hydrogen) atoms. The summed E-state index contributed by atoms with van der Waals surface area (Å²) in [6.07, 6.45) is 0. The molecule has 0 bridgehead atoms. The van der Waals surface area contributed by atoms with Gasteiger partial charge in [-0.15, -0.1) is 0 Å². The van der Waals surface area contributed by atoms with Crippen molar-refractivity contribution in [1.82, 2.24) is 0 Å². The summed E-state index contributed by atoms with van der Waals surface area (Å²) < 4.78 is 8.90. The van der Waals surface area contributed by atoms with E-state index in [1.807, 2.05) is 30.3 Å². The average Bonchev–Trinajstić information content (AvgIpc) is 1.93. The predicted octanol–water partition coefficient (Wildman–Crippen LogP) is 1.15. The number of benzene rings is 1. The Morgan fingerprint density at radius 3 is 1.78 bits per heavy atom. The van der Waals surface area contributed by atoms with Gasteiger partial charge in [-0.1, -0.05) is 0 Å². The molecular formula is C6H5OSZn-. The van der Waals surface area contributed by atoms with Crippen molar-refractivity contribution in [3.63, 3.8) is 0 Å². The van der Waals surface area contributed by atoms with Crippen molar-refractivity contribution in [2.45, 2.75) is 0 Å². The van der Waals surface area contributed by atoms with E-state index < -0.39 is 0 Å². The van der Waals surface area contributed by atoms with E-state index in [1.165, 1.54) is 0 Å². The molecule has 0 radical (unpaired) electrons. The maximum atomic E-state index is 8.90. The van der Waals surface area contributed by atoms with E-state index >= 15 is 0 Å². The van der Waals surface area contributed by atoms with Crippen LogP contribution in [0.3, 0.4) is 0 Å². The van der Waals surface area contributed by atoms with Crippen LogP contribution in [0.5, 0.6) is 0 Å². The zero-order chi connectivity index (χ0) is 6.95. The van der Waals surface area contributed by atoms with Crippen molar-refractivity contribution < 1.29 is 20.8 Å². The summed E-state index contributed by atoms with van der Waals surface area (Å²) in [6.45, 7) is 0. The van der Waals surface area contributed by atoms with Crippen LogP contribution in [0, 0.1) is 6.07 Å². The van der Waals surface area contributed by atoms with Gasteiger partial charge in [-0.25, -0.2) is 0 Å². The van der Waals surface area contributed by atoms with Crippen LogP contribution in [-0.4, -0.2) is 4.21 Å². The minimum atomic E-state index is 0.625. The van der Waals surface area contributed by atoms with E-state index in [-0.39, 0.29) is 0 Å². The van der Waals surface area contributed by atoms with Crippen LogP contribution >= 0.6 is 0 Å². The monoisotopic (exact) mass is 189 g/mol. The molecule has 3 heteroatoms. The summed E-state index contributed by atoms with van der Waals surface area (Å²) in [5.74, 6) is 0. The molecule has 1 aromatic rings. The van der Waals surface area contributed by atoms with Crippen molar-refractivity contribution in [2.75, 3.05) is 0 Å². The normalized spacial score (nSPS) is 6.89. The Kier molecular flexibility index (Phi) is 7.74. The predicted molar refractivity (Wildman–Crippen MR) is 33.4 cm³/mol. The fourth-order valence-electron chi connectivity index (χ4n) is 0.342. The van der Waals surface area contributed by atoms with Crippen LogP contribution in [-0.2, 0) is 25.7 Å². The summed E-state index contributed by atoms with van der Waals surface area (Å²) >= 11 is 0.806. The molecule has 44 valence electrons. The minimum absolute atomic E-state index is 0.625. The summed E-state index contributed by atoms with van der Waals surface area (Å²) in [6, 6.07) is 12.5. The molecule has 0 fully saturated rings. The Balaban J connectivity index is 0.000000187. The van der Waals surface area contributed by atoms with Gasteiger partial charge in [0.15, 0.2) is 0 Å². The molecule has 1 nitrogen and oxygen atoms in total. The van der Waals surface area contributed by atoms with Crippen LogP contribution in [0.25, 0.3) is 0 Å². The molecule has 0 aromatic heterocycles. The second kappa shape index (κ2) is 7.86. The van der Waals surface area contributed by atoms with Gasteiger partial charge in [-0.3, -0.25) is 0 Å². The molecule has 0 amide bonds. The Morgan fingerprint density at radius 1 is 1.22 bits per heavy atom. The van der Waals surface area contributed by atoms with Crippen LogP contribution in [0.15, 0.2) is 30.3 Å². The van der Waals surface area contributed by atoms with Gasteiger partial charge in [0.2, 0.25) is 0 Å². The summed E-state index contributed by atoms with van der Waals surface area (Å²) in [5, 5.41) is 0. The van der Waals surface area contributed by atoms with Gasteiger partial charge in [-0.05, 0) is 0 Å². The van der Waals surface area contributed by atoms with E-state index in [4.69, 9.17) is 4.21 Å². The van der Waals surface area contributed by atoms with Gasteiger partial charge in [0.25, 0.3) is 0 Å². The first-order valence-electron chi connectivity index (χ1n) is 2.37. The fraction of sp³-hybridized carbons (Fsp3) is 0. The molecule has 0 N–H and O–H groups in total. The molecule has 0 unspecified atom stereocenters. The second-order valence-corrected chi connectivity index (χ2v) is 2.91. The van der Waals surface area contributed by atoms with Crippen molar-refractivity contribution in [3.05, 3.63) is 36.4 Å². The molecule has 0 aliphatic carbocycles. The Morgan fingerprint density at radius 2 is 1.67 bits per heavy atom. The molecule has 0 spiro atoms. The average molecular weight is 191 g/mol. The smallest absolute Gasteiger partial charge is 0.171 e. The maximum Gasteiger partial charge on any atom is -0.171 e. The number of hydrogen-bond acceptors (Lipinski definition) is 1. The van der Waals surface area contributed by atoms with Crippen LogP contribution in [0.1, 0.15) is 0 Å². The van der Waals surface area contributed by atoms with Gasteiger partial charge in [0.1, 0.15) is 0 Å². The van der Waals surface area contributed by atoms with Crippen molar-refractivity contribution in [1.29, 1.82) is 0 Å².